The molecule has 3 aromatic rings. The first kappa shape index (κ1) is 14.8. The molecule has 4 heteroatoms. The van der Waals surface area contributed by atoms with Crippen molar-refractivity contribution in [2.45, 2.75) is 6.61 Å². The van der Waals surface area contributed by atoms with Crippen LogP contribution in [0.3, 0.4) is 0 Å². The molecule has 4 nitrogen and oxygen atoms in total. The van der Waals surface area contributed by atoms with Crippen LogP contribution in [0.2, 0.25) is 0 Å². The van der Waals surface area contributed by atoms with Gasteiger partial charge in [0.1, 0.15) is 24.2 Å². The van der Waals surface area contributed by atoms with Crippen molar-refractivity contribution >= 4 is 23.0 Å². The molecule has 0 fully saturated rings. The normalized spacial score (nSPS) is 10.4. The lowest BCUT2D eigenvalue weighted by Crippen LogP contribution is -2.04. The highest BCUT2D eigenvalue weighted by molar-refractivity contribution is 5.93. The van der Waals surface area contributed by atoms with E-state index in [0.29, 0.717) is 11.8 Å². The van der Waals surface area contributed by atoms with E-state index in [-0.39, 0.29) is 17.9 Å². The van der Waals surface area contributed by atoms with Crippen molar-refractivity contribution in [1.29, 1.82) is 0 Å². The van der Waals surface area contributed by atoms with E-state index in [2.05, 4.69) is 0 Å². The van der Waals surface area contributed by atoms with Crippen molar-refractivity contribution in [3.05, 3.63) is 77.4 Å². The van der Waals surface area contributed by atoms with Crippen LogP contribution in [0.5, 0.6) is 5.75 Å². The zero-order valence-electron chi connectivity index (χ0n) is 12.2. The number of hydrogen-bond donors (Lipinski definition) is 1. The van der Waals surface area contributed by atoms with Gasteiger partial charge in [0, 0.05) is 5.56 Å². The van der Waals surface area contributed by atoms with Gasteiger partial charge in [0.15, 0.2) is 0 Å². The number of ether oxygens (including phenoxy) is 1. The average molecular weight is 306 g/mol. The molecule has 0 aliphatic rings. The third-order valence-electron chi connectivity index (χ3n) is 3.63. The van der Waals surface area contributed by atoms with Crippen LogP contribution in [0.25, 0.3) is 10.8 Å². The number of aldehydes is 1. The van der Waals surface area contributed by atoms with Gasteiger partial charge in [-0.15, -0.1) is 0 Å². The quantitative estimate of drug-likeness (QED) is 0.725. The topological polar surface area (TPSA) is 63.6 Å². The van der Waals surface area contributed by atoms with Crippen LogP contribution in [0.15, 0.2) is 60.7 Å². The highest BCUT2D eigenvalue weighted by Gasteiger charge is 2.13. The molecule has 0 saturated heterocycles. The van der Waals surface area contributed by atoms with Gasteiger partial charge in [0.2, 0.25) is 0 Å². The van der Waals surface area contributed by atoms with Gasteiger partial charge in [-0.1, -0.05) is 42.5 Å². The minimum absolute atomic E-state index is 0.0187. The summed E-state index contributed by atoms with van der Waals surface area (Å²) in [7, 11) is 0. The monoisotopic (exact) mass is 306 g/mol. The number of carboxylic acid groups (broad SMARTS) is 1. The van der Waals surface area contributed by atoms with Crippen LogP contribution in [0.1, 0.15) is 26.3 Å². The van der Waals surface area contributed by atoms with Crippen molar-refractivity contribution < 1.29 is 19.4 Å². The molecule has 1 N–H and O–H groups in total. The lowest BCUT2D eigenvalue weighted by Gasteiger charge is -2.11. The van der Waals surface area contributed by atoms with E-state index in [0.717, 1.165) is 16.3 Å². The fourth-order valence-electron chi connectivity index (χ4n) is 2.49. The minimum atomic E-state index is -1.12. The van der Waals surface area contributed by atoms with Gasteiger partial charge in [-0.05, 0) is 34.5 Å². The van der Waals surface area contributed by atoms with E-state index in [1.807, 2.05) is 42.5 Å². The van der Waals surface area contributed by atoms with Crippen LogP contribution in [0, 0.1) is 0 Å². The maximum Gasteiger partial charge on any atom is 0.339 e. The first-order valence-corrected chi connectivity index (χ1v) is 7.11. The Balaban J connectivity index is 1.91. The van der Waals surface area contributed by atoms with E-state index < -0.39 is 5.97 Å². The van der Waals surface area contributed by atoms with Crippen LogP contribution < -0.4 is 4.74 Å². The van der Waals surface area contributed by atoms with Crippen LogP contribution in [-0.4, -0.2) is 17.4 Å². The van der Waals surface area contributed by atoms with Crippen LogP contribution in [0.4, 0.5) is 0 Å². The summed E-state index contributed by atoms with van der Waals surface area (Å²) in [6, 6.07) is 18.2. The molecule has 0 heterocycles. The minimum Gasteiger partial charge on any atom is -0.488 e. The second-order valence-corrected chi connectivity index (χ2v) is 5.11. The molecule has 0 aromatic heterocycles. The molecule has 0 atom stereocenters. The number of carboxylic acids is 1. The smallest absolute Gasteiger partial charge is 0.339 e. The van der Waals surface area contributed by atoms with Crippen molar-refractivity contribution in [2.75, 3.05) is 0 Å². The summed E-state index contributed by atoms with van der Waals surface area (Å²) in [5.41, 5.74) is 1.26. The Morgan fingerprint density at radius 2 is 1.83 bits per heavy atom. The molecule has 0 saturated carbocycles. The number of carbonyl (C=O) groups excluding carboxylic acids is 1. The Morgan fingerprint density at radius 3 is 2.61 bits per heavy atom. The molecular formula is C19H14O4. The number of benzene rings is 3. The Morgan fingerprint density at radius 1 is 1.04 bits per heavy atom. The molecule has 3 rings (SSSR count). The van der Waals surface area contributed by atoms with Gasteiger partial charge in [-0.2, -0.15) is 0 Å². The molecule has 0 aliphatic heterocycles. The molecule has 0 radical (unpaired) electrons. The van der Waals surface area contributed by atoms with E-state index in [1.165, 1.54) is 18.2 Å². The van der Waals surface area contributed by atoms with Gasteiger partial charge in [-0.3, -0.25) is 4.79 Å². The number of aromatic carboxylic acids is 1. The van der Waals surface area contributed by atoms with E-state index in [1.54, 1.807) is 0 Å². The summed E-state index contributed by atoms with van der Waals surface area (Å²) >= 11 is 0. The fourth-order valence-corrected chi connectivity index (χ4v) is 2.49. The molecule has 0 spiro atoms. The second-order valence-electron chi connectivity index (χ2n) is 5.11. The highest BCUT2D eigenvalue weighted by Crippen LogP contribution is 2.24. The van der Waals surface area contributed by atoms with Gasteiger partial charge in [0.25, 0.3) is 0 Å². The third-order valence-corrected chi connectivity index (χ3v) is 3.63. The molecule has 0 bridgehead atoms. The lowest BCUT2D eigenvalue weighted by atomic mass is 10.1. The molecule has 3 aromatic carbocycles. The maximum atomic E-state index is 11.3. The van der Waals surface area contributed by atoms with Crippen molar-refractivity contribution in [3.8, 4) is 5.75 Å². The summed E-state index contributed by atoms with van der Waals surface area (Å²) in [4.78, 5) is 22.1. The summed E-state index contributed by atoms with van der Waals surface area (Å²) < 4.78 is 5.70. The highest BCUT2D eigenvalue weighted by atomic mass is 16.5. The van der Waals surface area contributed by atoms with E-state index in [9.17, 15) is 14.7 Å². The maximum absolute atomic E-state index is 11.3. The zero-order valence-corrected chi connectivity index (χ0v) is 12.2. The largest absolute Gasteiger partial charge is 0.488 e. The molecule has 0 unspecified atom stereocenters. The zero-order chi connectivity index (χ0) is 16.2. The first-order valence-electron chi connectivity index (χ1n) is 7.11. The average Bonchev–Trinajstić information content (AvgIpc) is 2.59. The van der Waals surface area contributed by atoms with Gasteiger partial charge in [-0.25, -0.2) is 4.79 Å². The first-order chi connectivity index (χ1) is 11.2. The third kappa shape index (κ3) is 3.06. The summed E-state index contributed by atoms with van der Waals surface area (Å²) in [5.74, 6) is -0.877. The molecule has 0 amide bonds. The van der Waals surface area contributed by atoms with Gasteiger partial charge in [0.05, 0.1) is 0 Å². The van der Waals surface area contributed by atoms with Gasteiger partial charge < -0.3 is 9.84 Å². The molecule has 114 valence electrons. The fraction of sp³-hybridized carbons (Fsp3) is 0.0526. The SMILES string of the molecule is O=Cc1ccc(OCc2cccc3ccccc23)c(C(=O)O)c1. The number of hydrogen-bond acceptors (Lipinski definition) is 3. The van der Waals surface area contributed by atoms with Crippen molar-refractivity contribution in [3.63, 3.8) is 0 Å². The second kappa shape index (κ2) is 6.32. The Labute approximate surface area is 132 Å². The summed E-state index contributed by atoms with van der Waals surface area (Å²) in [6.45, 7) is 0.252. The van der Waals surface area contributed by atoms with Crippen LogP contribution in [-0.2, 0) is 6.61 Å². The van der Waals surface area contributed by atoms with E-state index in [4.69, 9.17) is 4.74 Å². The lowest BCUT2D eigenvalue weighted by molar-refractivity contribution is 0.0691. The summed E-state index contributed by atoms with van der Waals surface area (Å²) in [6.07, 6.45) is 0.612. The molecular weight excluding hydrogens is 292 g/mol. The predicted molar refractivity (Wildman–Crippen MR) is 87.1 cm³/mol. The Hall–Kier alpha value is -3.14. The van der Waals surface area contributed by atoms with Crippen LogP contribution >= 0.6 is 0 Å². The molecule has 0 aliphatic carbocycles. The summed E-state index contributed by atoms with van der Waals surface area (Å²) in [5, 5.41) is 11.4. The number of rotatable bonds is 5. The Kier molecular flexibility index (Phi) is 4.06. The predicted octanol–water partition coefficient (Wildman–Crippen LogP) is 3.93. The standard InChI is InChI=1S/C19H14O4/c20-11-13-8-9-18(17(10-13)19(21)22)23-12-15-6-3-5-14-4-1-2-7-16(14)15/h1-11H,12H2,(H,21,22). The Bertz CT molecular complexity index is 878. The van der Waals surface area contributed by atoms with Crippen molar-refractivity contribution in [2.24, 2.45) is 0 Å². The number of carbonyl (C=O) groups is 2. The van der Waals surface area contributed by atoms with Crippen molar-refractivity contribution in [1.82, 2.24) is 0 Å². The van der Waals surface area contributed by atoms with Gasteiger partial charge >= 0.3 is 5.97 Å². The van der Waals surface area contributed by atoms with E-state index >= 15 is 0 Å². The molecule has 23 heavy (non-hydrogen) atoms. The number of fused-ring (bicyclic) bond motifs is 1.